The van der Waals surface area contributed by atoms with Crippen LogP contribution in [0.1, 0.15) is 50.8 Å². The zero-order valence-corrected chi connectivity index (χ0v) is 18.7. The summed E-state index contributed by atoms with van der Waals surface area (Å²) in [4.78, 5) is 5.97. The number of fused-ring (bicyclic) bond motifs is 1. The summed E-state index contributed by atoms with van der Waals surface area (Å²) in [5.41, 5.74) is 8.00. The fourth-order valence-electron chi connectivity index (χ4n) is 5.71. The summed E-state index contributed by atoms with van der Waals surface area (Å²) < 4.78 is 59.3. The first-order valence-corrected chi connectivity index (χ1v) is 11.6. The number of rotatable bonds is 7. The van der Waals surface area contributed by atoms with Gasteiger partial charge in [-0.3, -0.25) is 9.58 Å². The third kappa shape index (κ3) is 4.06. The molecule has 3 heterocycles. The number of likely N-dealkylation sites (tertiary alicyclic amines) is 1. The van der Waals surface area contributed by atoms with Crippen molar-refractivity contribution in [1.82, 2.24) is 19.7 Å². The average Bonchev–Trinajstić information content (AvgIpc) is 3.16. The van der Waals surface area contributed by atoms with Crippen LogP contribution in [0.25, 0.3) is 11.3 Å². The van der Waals surface area contributed by atoms with E-state index in [4.69, 9.17) is 10.8 Å². The van der Waals surface area contributed by atoms with Crippen molar-refractivity contribution in [2.45, 2.75) is 70.1 Å². The number of nitrogens with two attached hydrogens (primary N) is 1. The van der Waals surface area contributed by atoms with Crippen LogP contribution in [0.15, 0.2) is 18.3 Å². The van der Waals surface area contributed by atoms with Crippen LogP contribution in [0.4, 0.5) is 23.4 Å². The molecule has 0 radical (unpaired) electrons. The topological polar surface area (TPSA) is 69.2 Å². The molecule has 7 atom stereocenters. The van der Waals surface area contributed by atoms with Crippen LogP contribution < -0.4 is 10.5 Å². The van der Waals surface area contributed by atoms with Gasteiger partial charge in [0.2, 0.25) is 0 Å². The highest BCUT2D eigenvalue weighted by molar-refractivity contribution is 5.64. The van der Waals surface area contributed by atoms with Gasteiger partial charge in [0.1, 0.15) is 12.3 Å². The summed E-state index contributed by atoms with van der Waals surface area (Å²) >= 11 is 0. The second-order valence-corrected chi connectivity index (χ2v) is 9.61. The van der Waals surface area contributed by atoms with Gasteiger partial charge in [0, 0.05) is 48.5 Å². The van der Waals surface area contributed by atoms with Gasteiger partial charge >= 0.3 is 6.61 Å². The molecule has 2 aliphatic carbocycles. The van der Waals surface area contributed by atoms with E-state index in [2.05, 4.69) is 23.6 Å². The van der Waals surface area contributed by atoms with Gasteiger partial charge in [0.15, 0.2) is 11.6 Å². The molecule has 0 amide bonds. The van der Waals surface area contributed by atoms with E-state index in [0.717, 1.165) is 25.0 Å². The van der Waals surface area contributed by atoms with E-state index in [1.165, 1.54) is 12.3 Å². The Balaban J connectivity index is 1.37. The highest BCUT2D eigenvalue weighted by Gasteiger charge is 2.59. The summed E-state index contributed by atoms with van der Waals surface area (Å²) in [7, 11) is 0. The third-order valence-corrected chi connectivity index (χ3v) is 7.65. The summed E-state index contributed by atoms with van der Waals surface area (Å²) in [6, 6.07) is 3.86. The molecule has 1 aliphatic heterocycles. The Labute approximate surface area is 190 Å². The van der Waals surface area contributed by atoms with Crippen molar-refractivity contribution in [1.29, 1.82) is 0 Å². The van der Waals surface area contributed by atoms with Gasteiger partial charge in [0.05, 0.1) is 5.69 Å². The van der Waals surface area contributed by atoms with Crippen molar-refractivity contribution in [3.63, 3.8) is 0 Å². The lowest BCUT2D eigenvalue weighted by Gasteiger charge is -2.25. The largest absolute Gasteiger partial charge is 0.431 e. The van der Waals surface area contributed by atoms with Gasteiger partial charge in [-0.15, -0.1) is 0 Å². The number of hydrogen-bond donors (Lipinski definition) is 1. The molecule has 6 nitrogen and oxygen atoms in total. The highest BCUT2D eigenvalue weighted by Crippen LogP contribution is 2.64. The van der Waals surface area contributed by atoms with Crippen LogP contribution in [0.2, 0.25) is 0 Å². The van der Waals surface area contributed by atoms with Crippen molar-refractivity contribution in [2.24, 2.45) is 11.8 Å². The Morgan fingerprint density at radius 3 is 2.42 bits per heavy atom. The van der Waals surface area contributed by atoms with E-state index in [0.29, 0.717) is 29.0 Å². The Bertz CT molecular complexity index is 995. The normalized spacial score (nSPS) is 32.3. The van der Waals surface area contributed by atoms with Gasteiger partial charge < -0.3 is 10.5 Å². The number of hydrogen-bond acceptors (Lipinski definition) is 5. The van der Waals surface area contributed by atoms with Crippen molar-refractivity contribution in [3.8, 4) is 17.0 Å². The van der Waals surface area contributed by atoms with E-state index in [1.807, 2.05) is 15.6 Å². The predicted molar refractivity (Wildman–Crippen MR) is 116 cm³/mol. The van der Waals surface area contributed by atoms with Crippen LogP contribution in [0, 0.1) is 11.8 Å². The van der Waals surface area contributed by atoms with Crippen LogP contribution in [-0.4, -0.2) is 57.8 Å². The minimum Gasteiger partial charge on any atom is -0.431 e. The number of aromatic nitrogens is 3. The molecule has 2 N–H and O–H groups in total. The van der Waals surface area contributed by atoms with Crippen molar-refractivity contribution >= 4 is 5.82 Å². The quantitative estimate of drug-likeness (QED) is 0.604. The van der Waals surface area contributed by atoms with Gasteiger partial charge in [-0.1, -0.05) is 6.92 Å². The number of nitrogens with zero attached hydrogens (tertiary/aromatic N) is 4. The first-order chi connectivity index (χ1) is 15.8. The van der Waals surface area contributed by atoms with Gasteiger partial charge in [-0.05, 0) is 50.2 Å². The third-order valence-electron chi connectivity index (χ3n) is 7.65. The zero-order valence-electron chi connectivity index (χ0n) is 18.7. The van der Waals surface area contributed by atoms with Crippen LogP contribution in [-0.2, 0) is 0 Å². The molecule has 1 saturated heterocycles. The number of anilines is 1. The van der Waals surface area contributed by atoms with Crippen molar-refractivity contribution < 1.29 is 22.3 Å². The molecule has 180 valence electrons. The molecule has 0 bridgehead atoms. The Morgan fingerprint density at radius 2 is 1.82 bits per heavy atom. The molecule has 10 heteroatoms. The molecule has 3 unspecified atom stereocenters. The smallest absolute Gasteiger partial charge is 0.387 e. The molecule has 5 rings (SSSR count). The molecule has 0 spiro atoms. The van der Waals surface area contributed by atoms with Crippen LogP contribution in [0.3, 0.4) is 0 Å². The average molecular weight is 468 g/mol. The summed E-state index contributed by atoms with van der Waals surface area (Å²) in [5, 5.41) is 4.79. The molecule has 3 fully saturated rings. The van der Waals surface area contributed by atoms with Crippen LogP contribution >= 0.6 is 0 Å². The lowest BCUT2D eigenvalue weighted by Crippen LogP contribution is -2.33. The first-order valence-electron chi connectivity index (χ1n) is 11.6. The molecule has 2 saturated carbocycles. The molecule has 3 aliphatic rings. The van der Waals surface area contributed by atoms with Gasteiger partial charge in [0.25, 0.3) is 0 Å². The second-order valence-electron chi connectivity index (χ2n) is 9.61. The SMILES string of the molecule is CCC(C)n1nc(-c2cnc(N)c(OC(F)F)c2)cc1C1[C@H]2CC(N3C[C@@H](F)[C@@H](F)C3)C[C@@H]12. The Morgan fingerprint density at radius 1 is 1.15 bits per heavy atom. The van der Waals surface area contributed by atoms with Crippen LogP contribution in [0.5, 0.6) is 5.75 Å². The molecule has 0 aromatic carbocycles. The number of nitrogen functional groups attached to an aromatic ring is 1. The number of pyridine rings is 1. The summed E-state index contributed by atoms with van der Waals surface area (Å²) in [5.74, 6) is 1.02. The number of ether oxygens (including phenoxy) is 1. The number of halogens is 4. The lowest BCUT2D eigenvalue weighted by atomic mass is 10.0. The Hall–Kier alpha value is -2.36. The monoisotopic (exact) mass is 467 g/mol. The fraction of sp³-hybridized carbons (Fsp3) is 0.652. The zero-order chi connectivity index (χ0) is 23.4. The highest BCUT2D eigenvalue weighted by atomic mass is 19.3. The maximum absolute atomic E-state index is 13.6. The van der Waals surface area contributed by atoms with Crippen molar-refractivity contribution in [2.75, 3.05) is 18.8 Å². The first kappa shape index (κ1) is 22.4. The molecular formula is C23H29F4N5O. The minimum atomic E-state index is -2.99. The van der Waals surface area contributed by atoms with E-state index >= 15 is 0 Å². The second kappa shape index (κ2) is 8.45. The maximum Gasteiger partial charge on any atom is 0.387 e. The van der Waals surface area contributed by atoms with E-state index in [-0.39, 0.29) is 36.7 Å². The fourth-order valence-corrected chi connectivity index (χ4v) is 5.71. The molecule has 33 heavy (non-hydrogen) atoms. The Kier molecular flexibility index (Phi) is 5.74. The summed E-state index contributed by atoms with van der Waals surface area (Å²) in [6.07, 6.45) is 1.52. The standard InChI is InChI=1S/C23H29F4N5O/c1-3-11(2)32-19(7-18(30-32)12-4-20(33-23(26)27)22(28)29-8-12)21-14-5-13(6-15(14)21)31-9-16(24)17(25)10-31/h4,7-8,11,13-17,21,23H,3,5-6,9-10H2,1-2H3,(H2,28,29)/t11?,13?,14-,15+,16-,17+,21?. The van der Waals surface area contributed by atoms with E-state index in [1.54, 1.807) is 0 Å². The van der Waals surface area contributed by atoms with E-state index < -0.39 is 19.0 Å². The lowest BCUT2D eigenvalue weighted by molar-refractivity contribution is -0.0494. The molecule has 2 aromatic rings. The van der Waals surface area contributed by atoms with E-state index in [9.17, 15) is 17.6 Å². The summed E-state index contributed by atoms with van der Waals surface area (Å²) in [6.45, 7) is 1.58. The van der Waals surface area contributed by atoms with Gasteiger partial charge in [-0.2, -0.15) is 13.9 Å². The van der Waals surface area contributed by atoms with Crippen molar-refractivity contribution in [3.05, 3.63) is 24.0 Å². The molecular weight excluding hydrogens is 438 g/mol. The predicted octanol–water partition coefficient (Wildman–Crippen LogP) is 4.58. The molecule has 2 aromatic heterocycles. The minimum absolute atomic E-state index is 0.101. The van der Waals surface area contributed by atoms with Gasteiger partial charge in [-0.25, -0.2) is 13.8 Å². The number of alkyl halides is 4. The maximum atomic E-state index is 13.6.